The van der Waals surface area contributed by atoms with E-state index in [1.165, 1.54) is 29.3 Å². The van der Waals surface area contributed by atoms with Crippen LogP contribution in [-0.4, -0.2) is 17.8 Å². The van der Waals surface area contributed by atoms with Crippen LogP contribution >= 0.6 is 0 Å². The summed E-state index contributed by atoms with van der Waals surface area (Å²) in [7, 11) is 0. The second-order valence-electron chi connectivity index (χ2n) is 7.79. The first-order chi connectivity index (χ1) is 12.0. The van der Waals surface area contributed by atoms with E-state index in [4.69, 9.17) is 5.73 Å². The Kier molecular flexibility index (Phi) is 6.03. The van der Waals surface area contributed by atoms with Crippen LogP contribution in [0.25, 0.3) is 6.08 Å². The molecule has 2 nitrogen and oxygen atoms in total. The van der Waals surface area contributed by atoms with Crippen LogP contribution in [0.15, 0.2) is 41.5 Å². The highest BCUT2D eigenvalue weighted by Gasteiger charge is 2.54. The lowest BCUT2D eigenvalue weighted by molar-refractivity contribution is -0.268. The number of benzene rings is 1. The van der Waals surface area contributed by atoms with Gasteiger partial charge in [-0.1, -0.05) is 49.8 Å². The number of hydrogen-bond donors (Lipinski definition) is 2. The third-order valence-electron chi connectivity index (χ3n) is 5.32. The average Bonchev–Trinajstić information content (AvgIpc) is 2.53. The lowest BCUT2D eigenvalue weighted by Crippen LogP contribution is -2.43. The molecule has 144 valence electrons. The molecule has 0 heterocycles. The monoisotopic (exact) mass is 367 g/mol. The van der Waals surface area contributed by atoms with Crippen LogP contribution in [0.1, 0.15) is 57.6 Å². The maximum Gasteiger partial charge on any atom is 0.421 e. The normalized spacial score (nSPS) is 20.5. The van der Waals surface area contributed by atoms with E-state index in [1.807, 2.05) is 12.2 Å². The third-order valence-corrected chi connectivity index (χ3v) is 5.32. The van der Waals surface area contributed by atoms with Gasteiger partial charge < -0.3 is 10.8 Å². The topological polar surface area (TPSA) is 46.2 Å². The van der Waals surface area contributed by atoms with Crippen molar-refractivity contribution in [2.24, 2.45) is 11.1 Å². The highest BCUT2D eigenvalue weighted by molar-refractivity contribution is 5.56. The fourth-order valence-electron chi connectivity index (χ4n) is 3.75. The van der Waals surface area contributed by atoms with Gasteiger partial charge in [-0.15, -0.1) is 0 Å². The van der Waals surface area contributed by atoms with Gasteiger partial charge in [0.2, 0.25) is 0 Å². The SMILES string of the molecule is CC1=C(C=Cc2cccc(C(O)(CCN)C(F)(F)F)c2)C(C)(C)CCC1. The first kappa shape index (κ1) is 20.7. The van der Waals surface area contributed by atoms with Crippen LogP contribution < -0.4 is 5.73 Å². The smallest absolute Gasteiger partial charge is 0.376 e. The second kappa shape index (κ2) is 7.57. The van der Waals surface area contributed by atoms with Gasteiger partial charge in [0.15, 0.2) is 5.60 Å². The van der Waals surface area contributed by atoms with Gasteiger partial charge >= 0.3 is 6.18 Å². The predicted molar refractivity (Wildman–Crippen MR) is 99.4 cm³/mol. The number of hydrogen-bond acceptors (Lipinski definition) is 2. The lowest BCUT2D eigenvalue weighted by Gasteiger charge is -2.33. The fraction of sp³-hybridized carbons (Fsp3) is 0.524. The molecule has 3 N–H and O–H groups in total. The zero-order valence-corrected chi connectivity index (χ0v) is 15.7. The quantitative estimate of drug-likeness (QED) is 0.739. The molecule has 1 aliphatic rings. The van der Waals surface area contributed by atoms with E-state index in [9.17, 15) is 18.3 Å². The summed E-state index contributed by atoms with van der Waals surface area (Å²) in [4.78, 5) is 0. The summed E-state index contributed by atoms with van der Waals surface area (Å²) in [6, 6.07) is 5.97. The summed E-state index contributed by atoms with van der Waals surface area (Å²) < 4.78 is 40.2. The molecule has 1 aromatic carbocycles. The number of aliphatic hydroxyl groups is 1. The first-order valence-corrected chi connectivity index (χ1v) is 8.99. The largest absolute Gasteiger partial charge is 0.421 e. The van der Waals surface area contributed by atoms with Crippen molar-refractivity contribution in [2.75, 3.05) is 6.54 Å². The molecular formula is C21H28F3NO. The van der Waals surface area contributed by atoms with Crippen molar-refractivity contribution in [3.63, 3.8) is 0 Å². The molecule has 5 heteroatoms. The molecule has 1 unspecified atom stereocenters. The van der Waals surface area contributed by atoms with E-state index in [0.717, 1.165) is 19.3 Å². The van der Waals surface area contributed by atoms with E-state index in [1.54, 1.807) is 6.07 Å². The highest BCUT2D eigenvalue weighted by atomic mass is 19.4. The van der Waals surface area contributed by atoms with Gasteiger partial charge in [-0.05, 0) is 60.9 Å². The summed E-state index contributed by atoms with van der Waals surface area (Å²) in [6.45, 7) is 6.24. The van der Waals surface area contributed by atoms with E-state index in [0.29, 0.717) is 5.56 Å². The van der Waals surface area contributed by atoms with Crippen LogP contribution in [0.4, 0.5) is 13.2 Å². The number of halogens is 3. The van der Waals surface area contributed by atoms with E-state index < -0.39 is 18.2 Å². The molecule has 0 saturated heterocycles. The maximum atomic E-state index is 13.4. The minimum Gasteiger partial charge on any atom is -0.376 e. The zero-order valence-electron chi connectivity index (χ0n) is 15.7. The van der Waals surface area contributed by atoms with E-state index in [-0.39, 0.29) is 17.5 Å². The van der Waals surface area contributed by atoms with Crippen LogP contribution in [0.3, 0.4) is 0 Å². The number of allylic oxidation sites excluding steroid dienone is 3. The third kappa shape index (κ3) is 4.21. The van der Waals surface area contributed by atoms with Crippen LogP contribution in [0, 0.1) is 5.41 Å². The van der Waals surface area contributed by atoms with Crippen molar-refractivity contribution >= 4 is 6.08 Å². The Morgan fingerprint density at radius 1 is 1.23 bits per heavy atom. The zero-order chi connectivity index (χ0) is 19.6. The van der Waals surface area contributed by atoms with Gasteiger partial charge in [0.25, 0.3) is 0 Å². The Labute approximate surface area is 153 Å². The van der Waals surface area contributed by atoms with Gasteiger partial charge in [0, 0.05) is 6.42 Å². The summed E-state index contributed by atoms with van der Waals surface area (Å²) in [5.74, 6) is 0. The number of alkyl halides is 3. The molecule has 0 aliphatic heterocycles. The van der Waals surface area contributed by atoms with Crippen LogP contribution in [0.5, 0.6) is 0 Å². The minimum atomic E-state index is -4.78. The molecule has 0 amide bonds. The van der Waals surface area contributed by atoms with E-state index >= 15 is 0 Å². The van der Waals surface area contributed by atoms with E-state index in [2.05, 4.69) is 20.8 Å². The number of nitrogens with two attached hydrogens (primary N) is 1. The molecule has 26 heavy (non-hydrogen) atoms. The maximum absolute atomic E-state index is 13.4. The molecule has 0 aromatic heterocycles. The fourth-order valence-corrected chi connectivity index (χ4v) is 3.75. The minimum absolute atomic E-state index is 0.0582. The summed E-state index contributed by atoms with van der Waals surface area (Å²) in [5.41, 5.74) is 5.46. The molecule has 0 radical (unpaired) electrons. The Bertz CT molecular complexity index is 703. The Morgan fingerprint density at radius 3 is 2.50 bits per heavy atom. The molecule has 0 bridgehead atoms. The van der Waals surface area contributed by atoms with Crippen molar-refractivity contribution in [2.45, 2.75) is 58.2 Å². The molecule has 0 saturated carbocycles. The number of rotatable bonds is 5. The Balaban J connectivity index is 2.38. The molecule has 0 spiro atoms. The molecule has 2 rings (SSSR count). The van der Waals surface area contributed by atoms with Gasteiger partial charge in [0.05, 0.1) is 0 Å². The molecule has 1 atom stereocenters. The summed E-state index contributed by atoms with van der Waals surface area (Å²) >= 11 is 0. The highest BCUT2D eigenvalue weighted by Crippen LogP contribution is 2.42. The van der Waals surface area contributed by atoms with Crippen molar-refractivity contribution < 1.29 is 18.3 Å². The second-order valence-corrected chi connectivity index (χ2v) is 7.79. The Morgan fingerprint density at radius 2 is 1.92 bits per heavy atom. The van der Waals surface area contributed by atoms with Crippen molar-refractivity contribution in [1.82, 2.24) is 0 Å². The average molecular weight is 367 g/mol. The van der Waals surface area contributed by atoms with Crippen molar-refractivity contribution in [3.05, 3.63) is 52.6 Å². The molecule has 1 aromatic rings. The van der Waals surface area contributed by atoms with Crippen LogP contribution in [-0.2, 0) is 5.60 Å². The lowest BCUT2D eigenvalue weighted by atomic mass is 9.72. The van der Waals surface area contributed by atoms with Gasteiger partial charge in [0.1, 0.15) is 0 Å². The molecule has 0 fully saturated rings. The van der Waals surface area contributed by atoms with Crippen molar-refractivity contribution in [3.8, 4) is 0 Å². The standard InChI is InChI=1S/C21H28F3NO/c1-15-6-5-11-19(2,3)18(15)10-9-16-7-4-8-17(14-16)20(26,12-13-25)21(22,23)24/h4,7-10,14,26H,5-6,11-13,25H2,1-3H3. The summed E-state index contributed by atoms with van der Waals surface area (Å²) in [6.07, 6.45) is 1.78. The summed E-state index contributed by atoms with van der Waals surface area (Å²) in [5, 5.41) is 10.2. The molecule has 1 aliphatic carbocycles. The Hall–Kier alpha value is -1.59. The van der Waals surface area contributed by atoms with Gasteiger partial charge in [-0.25, -0.2) is 0 Å². The van der Waals surface area contributed by atoms with Gasteiger partial charge in [-0.3, -0.25) is 0 Å². The first-order valence-electron chi connectivity index (χ1n) is 8.99. The van der Waals surface area contributed by atoms with Crippen LogP contribution in [0.2, 0.25) is 0 Å². The predicted octanol–water partition coefficient (Wildman–Crippen LogP) is 5.33. The molecular weight excluding hydrogens is 339 g/mol. The van der Waals surface area contributed by atoms with Gasteiger partial charge in [-0.2, -0.15) is 13.2 Å². The van der Waals surface area contributed by atoms with Crippen molar-refractivity contribution in [1.29, 1.82) is 0 Å².